The Balaban J connectivity index is 4.24. The Morgan fingerprint density at radius 3 is 2.31 bits per heavy atom. The van der Waals surface area contributed by atoms with E-state index >= 15 is 0 Å². The van der Waals surface area contributed by atoms with Gasteiger partial charge in [0, 0.05) is 24.7 Å². The van der Waals surface area contributed by atoms with E-state index in [1.807, 2.05) is 6.08 Å². The molecule has 96 valence electrons. The van der Waals surface area contributed by atoms with E-state index in [-0.39, 0.29) is 5.54 Å². The zero-order valence-corrected chi connectivity index (χ0v) is 11.8. The van der Waals surface area contributed by atoms with Crippen molar-refractivity contribution in [1.82, 2.24) is 10.2 Å². The molecule has 1 atom stereocenters. The molecular weight excluding hydrogens is 196 g/mol. The van der Waals surface area contributed by atoms with Gasteiger partial charge in [0.1, 0.15) is 0 Å². The SMILES string of the molecule is C=CCN(CCC)C(CC)CNC(C)(C)C. The lowest BCUT2D eigenvalue weighted by Crippen LogP contribution is -2.47. The molecule has 0 saturated carbocycles. The van der Waals surface area contributed by atoms with Crippen molar-refractivity contribution >= 4 is 0 Å². The molecule has 0 rings (SSSR count). The van der Waals surface area contributed by atoms with Crippen LogP contribution in [0, 0.1) is 0 Å². The molecule has 0 aliphatic carbocycles. The molecule has 0 aromatic heterocycles. The predicted molar refractivity (Wildman–Crippen MR) is 73.9 cm³/mol. The van der Waals surface area contributed by atoms with Gasteiger partial charge in [-0.15, -0.1) is 6.58 Å². The first kappa shape index (κ1) is 15.7. The number of hydrogen-bond acceptors (Lipinski definition) is 2. The highest BCUT2D eigenvalue weighted by molar-refractivity contribution is 4.82. The van der Waals surface area contributed by atoms with Crippen LogP contribution in [0.1, 0.15) is 47.5 Å². The van der Waals surface area contributed by atoms with Crippen LogP contribution in [0.5, 0.6) is 0 Å². The largest absolute Gasteiger partial charge is 0.311 e. The summed E-state index contributed by atoms with van der Waals surface area (Å²) in [5.74, 6) is 0. The van der Waals surface area contributed by atoms with E-state index in [0.717, 1.165) is 19.6 Å². The van der Waals surface area contributed by atoms with E-state index in [9.17, 15) is 0 Å². The summed E-state index contributed by atoms with van der Waals surface area (Å²) < 4.78 is 0. The van der Waals surface area contributed by atoms with E-state index in [1.165, 1.54) is 12.8 Å². The minimum atomic E-state index is 0.208. The zero-order valence-electron chi connectivity index (χ0n) is 11.8. The Labute approximate surface area is 102 Å². The maximum absolute atomic E-state index is 3.85. The summed E-state index contributed by atoms with van der Waals surface area (Å²) in [7, 11) is 0. The van der Waals surface area contributed by atoms with Crippen LogP contribution in [0.3, 0.4) is 0 Å². The minimum Gasteiger partial charge on any atom is -0.311 e. The first-order valence-corrected chi connectivity index (χ1v) is 6.54. The summed E-state index contributed by atoms with van der Waals surface area (Å²) in [5, 5.41) is 3.59. The number of hydrogen-bond donors (Lipinski definition) is 1. The summed E-state index contributed by atoms with van der Waals surface area (Å²) in [6.07, 6.45) is 4.41. The highest BCUT2D eigenvalue weighted by Crippen LogP contribution is 2.07. The third-order valence-corrected chi connectivity index (χ3v) is 2.73. The smallest absolute Gasteiger partial charge is 0.0221 e. The lowest BCUT2D eigenvalue weighted by atomic mass is 10.1. The van der Waals surface area contributed by atoms with Crippen LogP contribution >= 0.6 is 0 Å². The van der Waals surface area contributed by atoms with Crippen LogP contribution in [-0.2, 0) is 0 Å². The first-order chi connectivity index (χ1) is 7.44. The highest BCUT2D eigenvalue weighted by atomic mass is 15.2. The molecule has 1 N–H and O–H groups in total. The van der Waals surface area contributed by atoms with Gasteiger partial charge >= 0.3 is 0 Å². The fourth-order valence-electron chi connectivity index (χ4n) is 1.83. The number of nitrogens with zero attached hydrogens (tertiary/aromatic N) is 1. The molecule has 2 heteroatoms. The molecule has 0 fully saturated rings. The standard InChI is InChI=1S/C14H30N2/c1-7-10-16(11-8-2)13(9-3)12-15-14(4,5)6/h7,13,15H,1,8-12H2,2-6H3. The summed E-state index contributed by atoms with van der Waals surface area (Å²) in [5.41, 5.74) is 0.208. The zero-order chi connectivity index (χ0) is 12.6. The Hall–Kier alpha value is -0.340. The van der Waals surface area contributed by atoms with Gasteiger partial charge in [-0.05, 0) is 40.2 Å². The molecule has 0 aromatic carbocycles. The monoisotopic (exact) mass is 226 g/mol. The summed E-state index contributed by atoms with van der Waals surface area (Å²) >= 11 is 0. The molecule has 0 radical (unpaired) electrons. The summed E-state index contributed by atoms with van der Waals surface area (Å²) in [6.45, 7) is 18.2. The minimum absolute atomic E-state index is 0.208. The molecular formula is C14H30N2. The second kappa shape index (κ2) is 7.86. The van der Waals surface area contributed by atoms with Crippen LogP contribution in [0.4, 0.5) is 0 Å². The van der Waals surface area contributed by atoms with Crippen LogP contribution in [0.25, 0.3) is 0 Å². The molecule has 0 bridgehead atoms. The molecule has 0 aromatic rings. The molecule has 0 aliphatic rings. The van der Waals surface area contributed by atoms with E-state index in [1.54, 1.807) is 0 Å². The van der Waals surface area contributed by atoms with Crippen molar-refractivity contribution in [1.29, 1.82) is 0 Å². The molecule has 0 saturated heterocycles. The van der Waals surface area contributed by atoms with Crippen molar-refractivity contribution in [3.05, 3.63) is 12.7 Å². The van der Waals surface area contributed by atoms with Crippen molar-refractivity contribution < 1.29 is 0 Å². The molecule has 1 unspecified atom stereocenters. The molecule has 2 nitrogen and oxygen atoms in total. The predicted octanol–water partition coefficient (Wildman–Crippen LogP) is 3.05. The van der Waals surface area contributed by atoms with Gasteiger partial charge in [-0.25, -0.2) is 0 Å². The Morgan fingerprint density at radius 1 is 1.31 bits per heavy atom. The van der Waals surface area contributed by atoms with Crippen LogP contribution in [-0.4, -0.2) is 36.1 Å². The van der Waals surface area contributed by atoms with Gasteiger partial charge < -0.3 is 5.32 Å². The topological polar surface area (TPSA) is 15.3 Å². The van der Waals surface area contributed by atoms with Gasteiger partial charge in [0.2, 0.25) is 0 Å². The Kier molecular flexibility index (Phi) is 7.69. The fourth-order valence-corrected chi connectivity index (χ4v) is 1.83. The third kappa shape index (κ3) is 7.02. The van der Waals surface area contributed by atoms with E-state index < -0.39 is 0 Å². The maximum Gasteiger partial charge on any atom is 0.0221 e. The normalized spacial score (nSPS) is 14.1. The quantitative estimate of drug-likeness (QED) is 0.640. The second-order valence-corrected chi connectivity index (χ2v) is 5.48. The van der Waals surface area contributed by atoms with Gasteiger partial charge in [-0.3, -0.25) is 4.90 Å². The maximum atomic E-state index is 3.85. The van der Waals surface area contributed by atoms with Gasteiger partial charge in [-0.1, -0.05) is 19.9 Å². The summed E-state index contributed by atoms with van der Waals surface area (Å²) in [6, 6.07) is 0.622. The van der Waals surface area contributed by atoms with Crippen molar-refractivity contribution in [3.8, 4) is 0 Å². The van der Waals surface area contributed by atoms with Crippen LogP contribution in [0.15, 0.2) is 12.7 Å². The lowest BCUT2D eigenvalue weighted by Gasteiger charge is -2.32. The lowest BCUT2D eigenvalue weighted by molar-refractivity contribution is 0.195. The molecule has 0 spiro atoms. The van der Waals surface area contributed by atoms with Gasteiger partial charge in [0.25, 0.3) is 0 Å². The Bertz CT molecular complexity index is 182. The molecule has 16 heavy (non-hydrogen) atoms. The average Bonchev–Trinajstić information content (AvgIpc) is 2.17. The van der Waals surface area contributed by atoms with Crippen molar-refractivity contribution in [3.63, 3.8) is 0 Å². The van der Waals surface area contributed by atoms with E-state index in [4.69, 9.17) is 0 Å². The molecule has 0 aliphatic heterocycles. The molecule has 0 heterocycles. The van der Waals surface area contributed by atoms with Crippen LogP contribution < -0.4 is 5.32 Å². The highest BCUT2D eigenvalue weighted by Gasteiger charge is 2.17. The van der Waals surface area contributed by atoms with Gasteiger partial charge in [0.15, 0.2) is 0 Å². The number of nitrogens with one attached hydrogen (secondary N) is 1. The van der Waals surface area contributed by atoms with Crippen LogP contribution in [0.2, 0.25) is 0 Å². The van der Waals surface area contributed by atoms with Crippen molar-refractivity contribution in [2.45, 2.75) is 59.0 Å². The second-order valence-electron chi connectivity index (χ2n) is 5.48. The van der Waals surface area contributed by atoms with E-state index in [0.29, 0.717) is 6.04 Å². The van der Waals surface area contributed by atoms with Crippen molar-refractivity contribution in [2.75, 3.05) is 19.6 Å². The number of rotatable bonds is 8. The van der Waals surface area contributed by atoms with Gasteiger partial charge in [-0.2, -0.15) is 0 Å². The summed E-state index contributed by atoms with van der Waals surface area (Å²) in [4.78, 5) is 2.52. The average molecular weight is 226 g/mol. The van der Waals surface area contributed by atoms with Gasteiger partial charge in [0.05, 0.1) is 0 Å². The van der Waals surface area contributed by atoms with E-state index in [2.05, 4.69) is 51.4 Å². The first-order valence-electron chi connectivity index (χ1n) is 6.54. The molecule has 0 amide bonds. The Morgan fingerprint density at radius 2 is 1.94 bits per heavy atom. The third-order valence-electron chi connectivity index (χ3n) is 2.73. The fraction of sp³-hybridized carbons (Fsp3) is 0.857. The van der Waals surface area contributed by atoms with Crippen molar-refractivity contribution in [2.24, 2.45) is 0 Å².